The summed E-state index contributed by atoms with van der Waals surface area (Å²) in [5, 5.41) is 18.8. The normalized spacial score (nSPS) is 16.2. The molecule has 0 aliphatic rings. The molecule has 1 aromatic heterocycles. The van der Waals surface area contributed by atoms with Crippen molar-refractivity contribution < 1.29 is 19.3 Å². The smallest absolute Gasteiger partial charge is 0.351 e. The molecular weight excluding hydrogens is 365 g/mol. The zero-order chi connectivity index (χ0) is 19.5. The lowest BCUT2D eigenvalue weighted by molar-refractivity contribution is -0.0574. The second-order valence-electron chi connectivity index (χ2n) is 6.25. The number of anilines is 1. The Bertz CT molecular complexity index is 575. The Hall–Kier alpha value is -1.22. The van der Waals surface area contributed by atoms with E-state index in [1.807, 2.05) is 0 Å². The van der Waals surface area contributed by atoms with Crippen molar-refractivity contribution in [2.45, 2.75) is 69.3 Å². The molecule has 0 spiro atoms. The number of alkyl halides is 2. The summed E-state index contributed by atoms with van der Waals surface area (Å²) >= 11 is 5.95. The van der Waals surface area contributed by atoms with Gasteiger partial charge in [0.2, 0.25) is 0 Å². The summed E-state index contributed by atoms with van der Waals surface area (Å²) in [6, 6.07) is 1.24. The van der Waals surface area contributed by atoms with Gasteiger partial charge in [0.05, 0.1) is 12.0 Å². The molecule has 1 aromatic rings. The first-order chi connectivity index (χ1) is 12.4. The molecule has 150 valence electrons. The van der Waals surface area contributed by atoms with Gasteiger partial charge in [-0.15, -0.1) is 11.6 Å². The lowest BCUT2D eigenvalue weighted by Gasteiger charge is -2.25. The van der Waals surface area contributed by atoms with Gasteiger partial charge in [0.15, 0.2) is 12.4 Å². The molecule has 0 aliphatic carbocycles. The van der Waals surface area contributed by atoms with Crippen LogP contribution in [0.1, 0.15) is 51.7 Å². The largest absolute Gasteiger partial charge is 0.388 e. The minimum Gasteiger partial charge on any atom is -0.388 e. The van der Waals surface area contributed by atoms with Crippen LogP contribution in [-0.4, -0.2) is 50.6 Å². The highest BCUT2D eigenvalue weighted by atomic mass is 35.5. The SMILES string of the molecule is CCCCCCCCOCC(Cl)C(O)C(F)C(O)n1ccc(N)nc1=O. The van der Waals surface area contributed by atoms with Gasteiger partial charge in [-0.05, 0) is 12.5 Å². The molecule has 0 fully saturated rings. The van der Waals surface area contributed by atoms with E-state index in [0.29, 0.717) is 11.2 Å². The van der Waals surface area contributed by atoms with Crippen LogP contribution in [0, 0.1) is 0 Å². The van der Waals surface area contributed by atoms with Crippen LogP contribution in [0.2, 0.25) is 0 Å². The second-order valence-corrected chi connectivity index (χ2v) is 6.81. The molecule has 4 atom stereocenters. The Morgan fingerprint density at radius 1 is 1.31 bits per heavy atom. The van der Waals surface area contributed by atoms with Gasteiger partial charge in [-0.2, -0.15) is 4.98 Å². The summed E-state index contributed by atoms with van der Waals surface area (Å²) in [5.41, 5.74) is 4.42. The standard InChI is InChI=1S/C17H29ClFN3O4/c1-2-3-4-5-6-7-10-26-11-12(18)15(23)14(19)16(24)22-9-8-13(20)21-17(22)25/h8-9,12,14-16,23-24H,2-7,10-11H2,1H3,(H2,20,21,25). The molecule has 1 rings (SSSR count). The highest BCUT2D eigenvalue weighted by molar-refractivity contribution is 6.21. The fourth-order valence-corrected chi connectivity index (χ4v) is 2.66. The van der Waals surface area contributed by atoms with Crippen LogP contribution in [0.25, 0.3) is 0 Å². The van der Waals surface area contributed by atoms with Crippen molar-refractivity contribution in [2.75, 3.05) is 18.9 Å². The Balaban J connectivity index is 2.37. The van der Waals surface area contributed by atoms with Gasteiger partial charge in [0.1, 0.15) is 11.9 Å². The fourth-order valence-electron chi connectivity index (χ4n) is 2.44. The van der Waals surface area contributed by atoms with Crippen LogP contribution in [-0.2, 0) is 4.74 Å². The number of aliphatic hydroxyl groups is 2. The number of halogens is 2. The molecule has 4 N–H and O–H groups in total. The predicted octanol–water partition coefficient (Wildman–Crippen LogP) is 2.00. The first-order valence-electron chi connectivity index (χ1n) is 8.95. The van der Waals surface area contributed by atoms with Gasteiger partial charge in [-0.1, -0.05) is 39.0 Å². The second kappa shape index (κ2) is 12.2. The number of nitrogens with two attached hydrogens (primary N) is 1. The predicted molar refractivity (Wildman–Crippen MR) is 98.9 cm³/mol. The molecule has 26 heavy (non-hydrogen) atoms. The minimum atomic E-state index is -2.18. The van der Waals surface area contributed by atoms with E-state index in [1.165, 1.54) is 25.3 Å². The Morgan fingerprint density at radius 3 is 2.62 bits per heavy atom. The molecular formula is C17H29ClFN3O4. The van der Waals surface area contributed by atoms with E-state index < -0.39 is 29.6 Å². The lowest BCUT2D eigenvalue weighted by Crippen LogP contribution is -2.42. The number of rotatable bonds is 13. The average Bonchev–Trinajstić information content (AvgIpc) is 2.62. The van der Waals surface area contributed by atoms with E-state index >= 15 is 0 Å². The Kier molecular flexibility index (Phi) is 10.7. The van der Waals surface area contributed by atoms with E-state index in [1.54, 1.807) is 0 Å². The summed E-state index contributed by atoms with van der Waals surface area (Å²) in [6.07, 6.45) is 1.98. The van der Waals surface area contributed by atoms with E-state index in [4.69, 9.17) is 22.1 Å². The molecule has 4 unspecified atom stereocenters. The van der Waals surface area contributed by atoms with Crippen molar-refractivity contribution >= 4 is 17.4 Å². The third-order valence-electron chi connectivity index (χ3n) is 4.04. The van der Waals surface area contributed by atoms with Crippen molar-refractivity contribution in [2.24, 2.45) is 0 Å². The van der Waals surface area contributed by atoms with Crippen LogP contribution in [0.5, 0.6) is 0 Å². The first-order valence-corrected chi connectivity index (χ1v) is 9.38. The molecule has 0 saturated carbocycles. The molecule has 0 radical (unpaired) electrons. The van der Waals surface area contributed by atoms with Crippen LogP contribution in [0.3, 0.4) is 0 Å². The molecule has 0 aliphatic heterocycles. The van der Waals surface area contributed by atoms with Crippen LogP contribution in [0.15, 0.2) is 17.1 Å². The van der Waals surface area contributed by atoms with Gasteiger partial charge in [-0.3, -0.25) is 4.57 Å². The third kappa shape index (κ3) is 7.57. The number of nitrogens with zero attached hydrogens (tertiary/aromatic N) is 2. The van der Waals surface area contributed by atoms with Crippen molar-refractivity contribution in [3.8, 4) is 0 Å². The highest BCUT2D eigenvalue weighted by Gasteiger charge is 2.33. The molecule has 0 bridgehead atoms. The average molecular weight is 394 g/mol. The van der Waals surface area contributed by atoms with Crippen LogP contribution < -0.4 is 11.4 Å². The molecule has 1 heterocycles. The zero-order valence-corrected chi connectivity index (χ0v) is 15.8. The summed E-state index contributed by atoms with van der Waals surface area (Å²) < 4.78 is 20.3. The maximum absolute atomic E-state index is 14.3. The minimum absolute atomic E-state index is 0.0484. The van der Waals surface area contributed by atoms with E-state index in [9.17, 15) is 19.4 Å². The van der Waals surface area contributed by atoms with Gasteiger partial charge >= 0.3 is 5.69 Å². The molecule has 0 amide bonds. The molecule has 7 nitrogen and oxygen atoms in total. The summed E-state index contributed by atoms with van der Waals surface area (Å²) in [4.78, 5) is 15.0. The fraction of sp³-hybridized carbons (Fsp3) is 0.765. The lowest BCUT2D eigenvalue weighted by atomic mass is 10.1. The number of hydrogen-bond donors (Lipinski definition) is 3. The number of ether oxygens (including phenoxy) is 1. The number of aromatic nitrogens is 2. The van der Waals surface area contributed by atoms with Crippen molar-refractivity contribution in [1.29, 1.82) is 0 Å². The van der Waals surface area contributed by atoms with Crippen LogP contribution >= 0.6 is 11.6 Å². The Morgan fingerprint density at radius 2 is 1.96 bits per heavy atom. The number of unbranched alkanes of at least 4 members (excludes halogenated alkanes) is 5. The van der Waals surface area contributed by atoms with Gasteiger partial charge < -0.3 is 20.7 Å². The quantitative estimate of drug-likeness (QED) is 0.349. The number of hydrogen-bond acceptors (Lipinski definition) is 6. The summed E-state index contributed by atoms with van der Waals surface area (Å²) in [7, 11) is 0. The highest BCUT2D eigenvalue weighted by Crippen LogP contribution is 2.19. The van der Waals surface area contributed by atoms with E-state index in [0.717, 1.165) is 25.5 Å². The topological polar surface area (TPSA) is 111 Å². The number of aliphatic hydroxyl groups excluding tert-OH is 2. The summed E-state index contributed by atoms with van der Waals surface area (Å²) in [6.45, 7) is 2.58. The first kappa shape index (κ1) is 22.8. The van der Waals surface area contributed by atoms with Crippen molar-refractivity contribution in [3.63, 3.8) is 0 Å². The van der Waals surface area contributed by atoms with Crippen molar-refractivity contribution in [3.05, 3.63) is 22.7 Å². The molecule has 9 heteroatoms. The maximum atomic E-state index is 14.3. The number of nitrogen functional groups attached to an aromatic ring is 1. The summed E-state index contributed by atoms with van der Waals surface area (Å²) in [5.74, 6) is -0.0484. The van der Waals surface area contributed by atoms with Gasteiger partial charge in [0, 0.05) is 12.8 Å². The van der Waals surface area contributed by atoms with E-state index in [2.05, 4.69) is 11.9 Å². The van der Waals surface area contributed by atoms with Gasteiger partial charge in [0.25, 0.3) is 0 Å². The van der Waals surface area contributed by atoms with E-state index in [-0.39, 0.29) is 12.4 Å². The maximum Gasteiger partial charge on any atom is 0.351 e. The van der Waals surface area contributed by atoms with Crippen LogP contribution in [0.4, 0.5) is 10.2 Å². The Labute approximate surface area is 157 Å². The molecule has 0 aromatic carbocycles. The molecule has 0 saturated heterocycles. The monoisotopic (exact) mass is 393 g/mol. The zero-order valence-electron chi connectivity index (χ0n) is 15.1. The van der Waals surface area contributed by atoms with Crippen molar-refractivity contribution in [1.82, 2.24) is 9.55 Å². The third-order valence-corrected chi connectivity index (χ3v) is 4.42. The van der Waals surface area contributed by atoms with Gasteiger partial charge in [-0.25, -0.2) is 9.18 Å².